The zero-order valence-corrected chi connectivity index (χ0v) is 9.67. The van der Waals surface area contributed by atoms with E-state index in [1.165, 1.54) is 18.4 Å². The summed E-state index contributed by atoms with van der Waals surface area (Å²) in [6.07, 6.45) is 4.75. The smallest absolute Gasteiger partial charge is 0.122 e. The monoisotopic (exact) mass is 224 g/mol. The summed E-state index contributed by atoms with van der Waals surface area (Å²) in [5, 5.41) is 0. The average molecular weight is 225 g/mol. The molecule has 0 fully saturated rings. The minimum absolute atomic E-state index is 0.679. The molecule has 2 heteroatoms. The van der Waals surface area contributed by atoms with Gasteiger partial charge < -0.3 is 4.74 Å². The highest BCUT2D eigenvalue weighted by Crippen LogP contribution is 2.36. The summed E-state index contributed by atoms with van der Waals surface area (Å²) in [5.74, 6) is 2.54. The third kappa shape index (κ3) is 2.66. The molecule has 1 unspecified atom stereocenters. The molecule has 0 amide bonds. The first-order valence-electron chi connectivity index (χ1n) is 5.69. The first-order chi connectivity index (χ1) is 7.42. The van der Waals surface area contributed by atoms with Gasteiger partial charge >= 0.3 is 0 Å². The van der Waals surface area contributed by atoms with E-state index in [9.17, 15) is 0 Å². The van der Waals surface area contributed by atoms with Crippen molar-refractivity contribution < 1.29 is 4.74 Å². The van der Waals surface area contributed by atoms with Crippen molar-refractivity contribution in [1.29, 1.82) is 0 Å². The Morgan fingerprint density at radius 1 is 1.27 bits per heavy atom. The fourth-order valence-electron chi connectivity index (χ4n) is 2.20. The molecule has 0 radical (unpaired) electrons. The summed E-state index contributed by atoms with van der Waals surface area (Å²) in [6, 6.07) is 8.41. The number of halogens is 1. The van der Waals surface area contributed by atoms with Gasteiger partial charge in [0.1, 0.15) is 5.75 Å². The van der Waals surface area contributed by atoms with Crippen LogP contribution in [0.25, 0.3) is 0 Å². The summed E-state index contributed by atoms with van der Waals surface area (Å²) >= 11 is 5.69. The normalized spacial score (nSPS) is 19.4. The highest BCUT2D eigenvalue weighted by atomic mass is 35.5. The standard InChI is InChI=1S/C13H17ClO/c14-9-4-3-5-11-8-10-15-13-7-2-1-6-12(11)13/h1-2,6-7,11H,3-5,8-10H2. The Kier molecular flexibility index (Phi) is 3.90. The Hall–Kier alpha value is -0.690. The lowest BCUT2D eigenvalue weighted by atomic mass is 9.89. The third-order valence-electron chi connectivity index (χ3n) is 3.02. The summed E-state index contributed by atoms with van der Waals surface area (Å²) in [4.78, 5) is 0. The molecule has 0 saturated carbocycles. The third-order valence-corrected chi connectivity index (χ3v) is 3.29. The molecule has 0 spiro atoms. The summed E-state index contributed by atoms with van der Waals surface area (Å²) in [6.45, 7) is 0.864. The lowest BCUT2D eigenvalue weighted by Gasteiger charge is -2.25. The lowest BCUT2D eigenvalue weighted by molar-refractivity contribution is 0.262. The van der Waals surface area contributed by atoms with E-state index in [4.69, 9.17) is 16.3 Å². The zero-order chi connectivity index (χ0) is 10.5. The molecule has 1 aromatic rings. The molecule has 0 bridgehead atoms. The Morgan fingerprint density at radius 2 is 2.13 bits per heavy atom. The number of ether oxygens (including phenoxy) is 1. The van der Waals surface area contributed by atoms with Gasteiger partial charge in [-0.15, -0.1) is 11.6 Å². The predicted octanol–water partition coefficient (Wildman–Crippen LogP) is 3.96. The molecule has 1 nitrogen and oxygen atoms in total. The fraction of sp³-hybridized carbons (Fsp3) is 0.538. The number of alkyl halides is 1. The lowest BCUT2D eigenvalue weighted by Crippen LogP contribution is -2.14. The SMILES string of the molecule is ClCCCCC1CCOc2ccccc21. The molecule has 1 aliphatic heterocycles. The maximum Gasteiger partial charge on any atom is 0.122 e. The van der Waals surface area contributed by atoms with Crippen LogP contribution in [0.1, 0.15) is 37.2 Å². The van der Waals surface area contributed by atoms with Gasteiger partial charge in [-0.3, -0.25) is 0 Å². The van der Waals surface area contributed by atoms with Crippen LogP contribution in [0, 0.1) is 0 Å². The number of benzene rings is 1. The molecular weight excluding hydrogens is 208 g/mol. The van der Waals surface area contributed by atoms with Crippen molar-refractivity contribution in [3.05, 3.63) is 29.8 Å². The van der Waals surface area contributed by atoms with Gasteiger partial charge in [0.15, 0.2) is 0 Å². The maximum absolute atomic E-state index is 5.69. The minimum Gasteiger partial charge on any atom is -0.493 e. The van der Waals surface area contributed by atoms with Crippen LogP contribution in [0.2, 0.25) is 0 Å². The van der Waals surface area contributed by atoms with E-state index in [0.717, 1.165) is 31.1 Å². The molecule has 1 aliphatic rings. The number of hydrogen-bond acceptors (Lipinski definition) is 1. The number of hydrogen-bond donors (Lipinski definition) is 0. The van der Waals surface area contributed by atoms with Crippen LogP contribution in [0.3, 0.4) is 0 Å². The fourth-order valence-corrected chi connectivity index (χ4v) is 2.39. The molecule has 1 atom stereocenters. The number of unbranched alkanes of at least 4 members (excludes halogenated alkanes) is 1. The van der Waals surface area contributed by atoms with Gasteiger partial charge in [-0.05, 0) is 36.8 Å². The van der Waals surface area contributed by atoms with E-state index in [2.05, 4.69) is 18.2 Å². The molecule has 15 heavy (non-hydrogen) atoms. The summed E-state index contributed by atoms with van der Waals surface area (Å²) in [7, 11) is 0. The van der Waals surface area contributed by atoms with E-state index in [-0.39, 0.29) is 0 Å². The zero-order valence-electron chi connectivity index (χ0n) is 8.92. The molecule has 0 N–H and O–H groups in total. The topological polar surface area (TPSA) is 9.23 Å². The molecule has 1 aromatic carbocycles. The van der Waals surface area contributed by atoms with E-state index >= 15 is 0 Å². The van der Waals surface area contributed by atoms with Crippen LogP contribution < -0.4 is 4.74 Å². The summed E-state index contributed by atoms with van der Waals surface area (Å²) < 4.78 is 5.63. The van der Waals surface area contributed by atoms with Gasteiger partial charge in [0.25, 0.3) is 0 Å². The molecule has 1 heterocycles. The van der Waals surface area contributed by atoms with Crippen LogP contribution in [-0.4, -0.2) is 12.5 Å². The minimum atomic E-state index is 0.679. The van der Waals surface area contributed by atoms with Crippen molar-refractivity contribution in [3.8, 4) is 5.75 Å². The molecule has 2 rings (SSSR count). The second-order valence-corrected chi connectivity index (χ2v) is 4.43. The molecular formula is C13H17ClO. The highest BCUT2D eigenvalue weighted by molar-refractivity contribution is 6.17. The van der Waals surface area contributed by atoms with Gasteiger partial charge in [-0.2, -0.15) is 0 Å². The van der Waals surface area contributed by atoms with E-state index in [1.54, 1.807) is 0 Å². The Labute approximate surface area is 96.4 Å². The van der Waals surface area contributed by atoms with E-state index < -0.39 is 0 Å². The average Bonchev–Trinajstić information content (AvgIpc) is 2.30. The Bertz CT molecular complexity index is 311. The summed E-state index contributed by atoms with van der Waals surface area (Å²) in [5.41, 5.74) is 1.39. The second kappa shape index (κ2) is 5.41. The van der Waals surface area contributed by atoms with Crippen molar-refractivity contribution in [2.24, 2.45) is 0 Å². The Balaban J connectivity index is 2.02. The first-order valence-corrected chi connectivity index (χ1v) is 6.23. The largest absolute Gasteiger partial charge is 0.493 e. The first kappa shape index (κ1) is 10.8. The number of fused-ring (bicyclic) bond motifs is 1. The number of rotatable bonds is 4. The Morgan fingerprint density at radius 3 is 3.00 bits per heavy atom. The van der Waals surface area contributed by atoms with E-state index in [0.29, 0.717) is 5.92 Å². The second-order valence-electron chi connectivity index (χ2n) is 4.06. The maximum atomic E-state index is 5.69. The van der Waals surface area contributed by atoms with Crippen molar-refractivity contribution >= 4 is 11.6 Å². The van der Waals surface area contributed by atoms with Crippen LogP contribution in [0.15, 0.2) is 24.3 Å². The van der Waals surface area contributed by atoms with Crippen molar-refractivity contribution in [2.75, 3.05) is 12.5 Å². The number of para-hydroxylation sites is 1. The van der Waals surface area contributed by atoms with Crippen LogP contribution in [-0.2, 0) is 0 Å². The molecule has 0 aliphatic carbocycles. The predicted molar refractivity (Wildman–Crippen MR) is 63.9 cm³/mol. The molecule has 0 saturated heterocycles. The quantitative estimate of drug-likeness (QED) is 0.556. The van der Waals surface area contributed by atoms with Crippen molar-refractivity contribution in [3.63, 3.8) is 0 Å². The van der Waals surface area contributed by atoms with Gasteiger partial charge in [-0.1, -0.05) is 24.6 Å². The van der Waals surface area contributed by atoms with Crippen molar-refractivity contribution in [2.45, 2.75) is 31.6 Å². The van der Waals surface area contributed by atoms with E-state index in [1.807, 2.05) is 6.07 Å². The van der Waals surface area contributed by atoms with Crippen LogP contribution in [0.5, 0.6) is 5.75 Å². The van der Waals surface area contributed by atoms with Gasteiger partial charge in [-0.25, -0.2) is 0 Å². The van der Waals surface area contributed by atoms with Gasteiger partial charge in [0.05, 0.1) is 6.61 Å². The van der Waals surface area contributed by atoms with Gasteiger partial charge in [0.2, 0.25) is 0 Å². The molecule has 0 aromatic heterocycles. The van der Waals surface area contributed by atoms with Crippen LogP contribution >= 0.6 is 11.6 Å². The van der Waals surface area contributed by atoms with Crippen molar-refractivity contribution in [1.82, 2.24) is 0 Å². The van der Waals surface area contributed by atoms with Crippen LogP contribution in [0.4, 0.5) is 0 Å². The van der Waals surface area contributed by atoms with Gasteiger partial charge in [0, 0.05) is 5.88 Å². The highest BCUT2D eigenvalue weighted by Gasteiger charge is 2.19. The molecule has 82 valence electrons.